The summed E-state index contributed by atoms with van der Waals surface area (Å²) in [6, 6.07) is 5.28. The zero-order valence-electron chi connectivity index (χ0n) is 15.6. The van der Waals surface area contributed by atoms with Crippen LogP contribution in [0.25, 0.3) is 10.9 Å². The number of aromatic nitrogens is 4. The van der Waals surface area contributed by atoms with Crippen molar-refractivity contribution in [2.75, 3.05) is 45.0 Å². The monoisotopic (exact) mass is 383 g/mol. The van der Waals surface area contributed by atoms with Gasteiger partial charge in [-0.25, -0.2) is 15.0 Å². The molecule has 1 unspecified atom stereocenters. The summed E-state index contributed by atoms with van der Waals surface area (Å²) in [5.74, 6) is 1.86. The van der Waals surface area contributed by atoms with E-state index in [9.17, 15) is 0 Å². The van der Waals surface area contributed by atoms with Gasteiger partial charge in [-0.2, -0.15) is 4.98 Å². The van der Waals surface area contributed by atoms with Gasteiger partial charge in [0.15, 0.2) is 0 Å². The summed E-state index contributed by atoms with van der Waals surface area (Å²) >= 11 is 0. The minimum Gasteiger partial charge on any atom is -0.495 e. The second-order valence-electron chi connectivity index (χ2n) is 6.18. The van der Waals surface area contributed by atoms with E-state index in [1.807, 2.05) is 0 Å². The van der Waals surface area contributed by atoms with Crippen LogP contribution in [0.4, 0.5) is 17.5 Å². The maximum atomic E-state index is 6.04. The number of ether oxygens (including phenoxy) is 3. The summed E-state index contributed by atoms with van der Waals surface area (Å²) < 4.78 is 16.4. The second kappa shape index (κ2) is 7.79. The lowest BCUT2D eigenvalue weighted by atomic mass is 10.2. The average Bonchev–Trinajstić information content (AvgIpc) is 2.74. The van der Waals surface area contributed by atoms with E-state index >= 15 is 0 Å². The number of methoxy groups -OCH3 is 2. The highest BCUT2D eigenvalue weighted by Gasteiger charge is 2.20. The predicted octanol–water partition coefficient (Wildman–Crippen LogP) is 1.42. The van der Waals surface area contributed by atoms with E-state index in [1.165, 1.54) is 6.33 Å². The molecule has 0 amide bonds. The number of anilines is 3. The van der Waals surface area contributed by atoms with E-state index in [-0.39, 0.29) is 6.10 Å². The molecule has 146 valence electrons. The molecule has 1 atom stereocenters. The Kier molecular flexibility index (Phi) is 5.04. The van der Waals surface area contributed by atoms with Crippen molar-refractivity contribution >= 4 is 28.4 Å². The normalized spacial score (nSPS) is 16.7. The van der Waals surface area contributed by atoms with E-state index < -0.39 is 0 Å². The molecule has 0 spiro atoms. The number of fused-ring (bicyclic) bond motifs is 1. The summed E-state index contributed by atoms with van der Waals surface area (Å²) in [4.78, 5) is 17.5. The van der Waals surface area contributed by atoms with E-state index in [0.29, 0.717) is 47.8 Å². The molecular formula is C18H21N7O3. The quantitative estimate of drug-likeness (QED) is 0.556. The van der Waals surface area contributed by atoms with Gasteiger partial charge in [0.05, 0.1) is 37.7 Å². The van der Waals surface area contributed by atoms with Gasteiger partial charge in [-0.15, -0.1) is 0 Å². The fourth-order valence-corrected chi connectivity index (χ4v) is 3.01. The molecule has 1 aliphatic rings. The lowest BCUT2D eigenvalue weighted by molar-refractivity contribution is 0.0249. The third kappa shape index (κ3) is 3.59. The molecule has 2 aromatic heterocycles. The number of nitrogen functional groups attached to an aromatic ring is 1. The van der Waals surface area contributed by atoms with Gasteiger partial charge < -0.3 is 30.6 Å². The van der Waals surface area contributed by atoms with Crippen LogP contribution in [0.5, 0.6) is 11.6 Å². The highest BCUT2D eigenvalue weighted by Crippen LogP contribution is 2.31. The molecular weight excluding hydrogens is 362 g/mol. The van der Waals surface area contributed by atoms with Crippen LogP contribution in [0.2, 0.25) is 0 Å². The van der Waals surface area contributed by atoms with Gasteiger partial charge in [-0.3, -0.25) is 0 Å². The van der Waals surface area contributed by atoms with Gasteiger partial charge in [0.2, 0.25) is 11.8 Å². The molecule has 1 aliphatic heterocycles. The molecule has 0 radical (unpaired) electrons. The molecule has 10 nitrogen and oxygen atoms in total. The highest BCUT2D eigenvalue weighted by molar-refractivity contribution is 5.94. The first-order chi connectivity index (χ1) is 13.7. The van der Waals surface area contributed by atoms with Crippen molar-refractivity contribution in [2.45, 2.75) is 6.10 Å². The first kappa shape index (κ1) is 18.1. The Morgan fingerprint density at radius 2 is 2.07 bits per heavy atom. The van der Waals surface area contributed by atoms with Crippen LogP contribution in [0, 0.1) is 0 Å². The third-order valence-corrected chi connectivity index (χ3v) is 4.41. The molecule has 3 aromatic rings. The number of nitrogens with zero attached hydrogens (tertiary/aromatic N) is 4. The Bertz CT molecular complexity index is 992. The van der Waals surface area contributed by atoms with Crippen LogP contribution in [-0.2, 0) is 4.74 Å². The highest BCUT2D eigenvalue weighted by atomic mass is 16.5. The fraction of sp³-hybridized carbons (Fsp3) is 0.333. The number of nitrogens with one attached hydrogen (secondary N) is 2. The molecule has 10 heteroatoms. The largest absolute Gasteiger partial charge is 0.495 e. The van der Waals surface area contributed by atoms with Crippen molar-refractivity contribution < 1.29 is 14.2 Å². The Balaban J connectivity index is 1.71. The van der Waals surface area contributed by atoms with Gasteiger partial charge in [-0.05, 0) is 6.07 Å². The second-order valence-corrected chi connectivity index (χ2v) is 6.18. The number of benzene rings is 1. The fourth-order valence-electron chi connectivity index (χ4n) is 3.01. The standard InChI is InChI=1S/C18H21N7O3/c1-26-14-6-12-10(5-11(14)19)17(22-9-21-12)25-18-23-13(7-16(24-18)27-2)15-8-20-3-4-28-15/h5-7,9,15,20H,3-4,8,19H2,1-2H3,(H,21,22,23,24,25). The Morgan fingerprint density at radius 3 is 2.82 bits per heavy atom. The summed E-state index contributed by atoms with van der Waals surface area (Å²) in [5.41, 5.74) is 7.94. The lowest BCUT2D eigenvalue weighted by Crippen LogP contribution is -2.33. The van der Waals surface area contributed by atoms with Crippen LogP contribution in [0.1, 0.15) is 11.8 Å². The molecule has 28 heavy (non-hydrogen) atoms. The third-order valence-electron chi connectivity index (χ3n) is 4.41. The topological polar surface area (TPSA) is 129 Å². The van der Waals surface area contributed by atoms with Gasteiger partial charge in [-0.1, -0.05) is 0 Å². The Hall–Kier alpha value is -3.24. The Labute approximate surface area is 161 Å². The lowest BCUT2D eigenvalue weighted by Gasteiger charge is -2.23. The minimum absolute atomic E-state index is 0.173. The van der Waals surface area contributed by atoms with Crippen LogP contribution < -0.4 is 25.8 Å². The maximum absolute atomic E-state index is 6.04. The van der Waals surface area contributed by atoms with E-state index in [2.05, 4.69) is 30.6 Å². The summed E-state index contributed by atoms with van der Waals surface area (Å²) in [7, 11) is 3.12. The van der Waals surface area contributed by atoms with Gasteiger partial charge in [0.25, 0.3) is 0 Å². The van der Waals surface area contributed by atoms with Gasteiger partial charge in [0.1, 0.15) is 24.0 Å². The van der Waals surface area contributed by atoms with E-state index in [0.717, 1.165) is 17.6 Å². The van der Waals surface area contributed by atoms with E-state index in [1.54, 1.807) is 32.4 Å². The van der Waals surface area contributed by atoms with Crippen molar-refractivity contribution in [3.8, 4) is 11.6 Å². The number of rotatable bonds is 5. The zero-order chi connectivity index (χ0) is 19.5. The Morgan fingerprint density at radius 1 is 1.18 bits per heavy atom. The van der Waals surface area contributed by atoms with Crippen molar-refractivity contribution in [3.63, 3.8) is 0 Å². The average molecular weight is 383 g/mol. The van der Waals surface area contributed by atoms with Crippen LogP contribution in [-0.4, -0.2) is 53.9 Å². The molecule has 4 rings (SSSR count). The first-order valence-electron chi connectivity index (χ1n) is 8.78. The molecule has 3 heterocycles. The summed E-state index contributed by atoms with van der Waals surface area (Å²) in [6.45, 7) is 2.12. The maximum Gasteiger partial charge on any atom is 0.232 e. The molecule has 1 aromatic carbocycles. The van der Waals surface area contributed by atoms with Crippen LogP contribution >= 0.6 is 0 Å². The molecule has 1 fully saturated rings. The molecule has 0 saturated carbocycles. The van der Waals surface area contributed by atoms with Crippen molar-refractivity contribution in [3.05, 3.63) is 30.2 Å². The summed E-state index contributed by atoms with van der Waals surface area (Å²) in [5, 5.41) is 7.15. The number of morpholine rings is 1. The molecule has 0 bridgehead atoms. The smallest absolute Gasteiger partial charge is 0.232 e. The number of hydrogen-bond donors (Lipinski definition) is 3. The van der Waals surface area contributed by atoms with Crippen molar-refractivity contribution in [1.29, 1.82) is 0 Å². The van der Waals surface area contributed by atoms with Crippen LogP contribution in [0.3, 0.4) is 0 Å². The van der Waals surface area contributed by atoms with Crippen LogP contribution in [0.15, 0.2) is 24.5 Å². The van der Waals surface area contributed by atoms with E-state index in [4.69, 9.17) is 19.9 Å². The molecule has 4 N–H and O–H groups in total. The number of nitrogens with two attached hydrogens (primary N) is 1. The predicted molar refractivity (Wildman–Crippen MR) is 104 cm³/mol. The zero-order valence-corrected chi connectivity index (χ0v) is 15.6. The van der Waals surface area contributed by atoms with Crippen molar-refractivity contribution in [2.24, 2.45) is 0 Å². The minimum atomic E-state index is -0.173. The molecule has 1 saturated heterocycles. The summed E-state index contributed by atoms with van der Waals surface area (Å²) in [6.07, 6.45) is 1.28. The van der Waals surface area contributed by atoms with Gasteiger partial charge in [0, 0.05) is 30.6 Å². The molecule has 0 aliphatic carbocycles. The van der Waals surface area contributed by atoms with Crippen molar-refractivity contribution in [1.82, 2.24) is 25.3 Å². The SMILES string of the molecule is COc1cc(C2CNCCO2)nc(Nc2ncnc3cc(OC)c(N)cc23)n1. The first-order valence-corrected chi connectivity index (χ1v) is 8.78. The van der Waals surface area contributed by atoms with Gasteiger partial charge >= 0.3 is 0 Å². The number of hydrogen-bond acceptors (Lipinski definition) is 10.